The Kier molecular flexibility index (Phi) is 1.96. The zero-order chi connectivity index (χ0) is 10.3. The fourth-order valence-electron chi connectivity index (χ4n) is 1.96. The summed E-state index contributed by atoms with van der Waals surface area (Å²) in [4.78, 5) is 11.8. The van der Waals surface area contributed by atoms with Gasteiger partial charge in [0, 0.05) is 19.4 Å². The van der Waals surface area contributed by atoms with E-state index >= 15 is 0 Å². The van der Waals surface area contributed by atoms with Gasteiger partial charge in [0.25, 0.3) is 0 Å². The lowest BCUT2D eigenvalue weighted by molar-refractivity contribution is 0.0901. The molecule has 0 bridgehead atoms. The Hall–Kier alpha value is -1.16. The molecule has 2 rings (SSSR count). The summed E-state index contributed by atoms with van der Waals surface area (Å²) in [7, 11) is 0. The summed E-state index contributed by atoms with van der Waals surface area (Å²) in [6.07, 6.45) is 1.31. The van der Waals surface area contributed by atoms with Gasteiger partial charge in [-0.15, -0.1) is 0 Å². The van der Waals surface area contributed by atoms with E-state index in [1.165, 1.54) is 0 Å². The second kappa shape index (κ2) is 2.92. The number of fused-ring (bicyclic) bond motifs is 1. The van der Waals surface area contributed by atoms with Crippen molar-refractivity contribution in [2.24, 2.45) is 11.1 Å². The third kappa shape index (κ3) is 1.35. The lowest BCUT2D eigenvalue weighted by Crippen LogP contribution is -2.26. The van der Waals surface area contributed by atoms with E-state index in [0.29, 0.717) is 23.4 Å². The van der Waals surface area contributed by atoms with Crippen molar-refractivity contribution in [1.29, 1.82) is 0 Å². The molecule has 0 unspecified atom stereocenters. The monoisotopic (exact) mass is 194 g/mol. The van der Waals surface area contributed by atoms with Crippen LogP contribution in [0, 0.1) is 5.41 Å². The third-order valence-corrected chi connectivity index (χ3v) is 2.58. The number of aromatic nitrogens is 1. The molecule has 1 heterocycles. The molecule has 1 aliphatic rings. The van der Waals surface area contributed by atoms with Crippen LogP contribution in [0.3, 0.4) is 0 Å². The number of ketones is 1. The molecule has 0 spiro atoms. The van der Waals surface area contributed by atoms with Gasteiger partial charge in [0.1, 0.15) is 11.5 Å². The molecule has 0 saturated heterocycles. The zero-order valence-corrected chi connectivity index (χ0v) is 8.46. The highest BCUT2D eigenvalue weighted by Gasteiger charge is 2.35. The highest BCUT2D eigenvalue weighted by molar-refractivity contribution is 5.99. The molecule has 14 heavy (non-hydrogen) atoms. The van der Waals surface area contributed by atoms with Crippen molar-refractivity contribution >= 4 is 5.78 Å². The Morgan fingerprint density at radius 2 is 2.21 bits per heavy atom. The number of carbonyl (C=O) groups is 1. The number of Topliss-reactive ketones (excluding diaryl/α,β-unsaturated/α-hetero) is 1. The molecule has 4 heteroatoms. The van der Waals surface area contributed by atoms with E-state index in [9.17, 15) is 4.79 Å². The topological polar surface area (TPSA) is 69.1 Å². The summed E-state index contributed by atoms with van der Waals surface area (Å²) < 4.78 is 5.13. The number of hydrogen-bond acceptors (Lipinski definition) is 4. The number of hydrogen-bond donors (Lipinski definition) is 1. The summed E-state index contributed by atoms with van der Waals surface area (Å²) in [6.45, 7) is 4.38. The maximum absolute atomic E-state index is 11.8. The quantitative estimate of drug-likeness (QED) is 0.731. The molecule has 0 aliphatic heterocycles. The first-order valence-electron chi connectivity index (χ1n) is 4.74. The van der Waals surface area contributed by atoms with Crippen LogP contribution in [0.5, 0.6) is 0 Å². The predicted molar refractivity (Wildman–Crippen MR) is 50.8 cm³/mol. The van der Waals surface area contributed by atoms with Crippen LogP contribution in [0.4, 0.5) is 0 Å². The molecule has 0 radical (unpaired) electrons. The van der Waals surface area contributed by atoms with E-state index in [1.54, 1.807) is 0 Å². The molecular formula is C10H14N2O2. The second-order valence-corrected chi connectivity index (χ2v) is 4.57. The fraction of sp³-hybridized carbons (Fsp3) is 0.600. The van der Waals surface area contributed by atoms with Gasteiger partial charge in [0.2, 0.25) is 0 Å². The summed E-state index contributed by atoms with van der Waals surface area (Å²) in [5.74, 6) is 0.810. The highest BCUT2D eigenvalue weighted by atomic mass is 16.5. The van der Waals surface area contributed by atoms with E-state index in [2.05, 4.69) is 19.0 Å². The first-order valence-corrected chi connectivity index (χ1v) is 4.74. The average Bonchev–Trinajstić information content (AvgIpc) is 2.44. The fourth-order valence-corrected chi connectivity index (χ4v) is 1.96. The highest BCUT2D eigenvalue weighted by Crippen LogP contribution is 2.35. The largest absolute Gasteiger partial charge is 0.360 e. The first kappa shape index (κ1) is 9.40. The molecule has 1 aromatic heterocycles. The summed E-state index contributed by atoms with van der Waals surface area (Å²) in [5, 5.41) is 3.81. The van der Waals surface area contributed by atoms with Gasteiger partial charge >= 0.3 is 0 Å². The molecule has 0 fully saturated rings. The zero-order valence-electron chi connectivity index (χ0n) is 8.46. The number of rotatable bonds is 1. The molecule has 1 aromatic rings. The Labute approximate surface area is 82.4 Å². The average molecular weight is 194 g/mol. The van der Waals surface area contributed by atoms with Gasteiger partial charge < -0.3 is 10.3 Å². The molecule has 0 amide bonds. The Morgan fingerprint density at radius 1 is 1.50 bits per heavy atom. The van der Waals surface area contributed by atoms with Crippen LogP contribution in [0.15, 0.2) is 4.52 Å². The summed E-state index contributed by atoms with van der Waals surface area (Å²) in [5.41, 5.74) is 6.68. The van der Waals surface area contributed by atoms with Gasteiger partial charge in [0.15, 0.2) is 5.78 Å². The van der Waals surface area contributed by atoms with E-state index < -0.39 is 0 Å². The minimum Gasteiger partial charge on any atom is -0.360 e. The minimum absolute atomic E-state index is 0.0184. The van der Waals surface area contributed by atoms with Crippen LogP contribution in [-0.2, 0) is 13.0 Å². The van der Waals surface area contributed by atoms with Gasteiger partial charge in [-0.1, -0.05) is 19.0 Å². The van der Waals surface area contributed by atoms with Gasteiger partial charge in [-0.05, 0) is 5.41 Å². The number of carbonyl (C=O) groups excluding carboxylic acids is 1. The van der Waals surface area contributed by atoms with Gasteiger partial charge in [-0.2, -0.15) is 0 Å². The van der Waals surface area contributed by atoms with Crippen LogP contribution in [0.1, 0.15) is 42.1 Å². The molecular weight excluding hydrogens is 180 g/mol. The van der Waals surface area contributed by atoms with Gasteiger partial charge in [-0.25, -0.2) is 0 Å². The van der Waals surface area contributed by atoms with Crippen LogP contribution in [0.25, 0.3) is 0 Å². The maximum atomic E-state index is 11.8. The lowest BCUT2D eigenvalue weighted by atomic mass is 9.76. The van der Waals surface area contributed by atoms with Crippen LogP contribution in [-0.4, -0.2) is 10.9 Å². The Bertz CT molecular complexity index is 379. The summed E-state index contributed by atoms with van der Waals surface area (Å²) >= 11 is 0. The molecule has 1 aliphatic carbocycles. The summed E-state index contributed by atoms with van der Waals surface area (Å²) in [6, 6.07) is 0. The molecule has 0 atom stereocenters. The molecule has 0 saturated carbocycles. The normalized spacial score (nSPS) is 19.5. The van der Waals surface area contributed by atoms with Crippen molar-refractivity contribution in [3.05, 3.63) is 17.0 Å². The SMILES string of the molecule is CC1(C)CC(=O)c2c(CN)noc2C1. The van der Waals surface area contributed by atoms with Crippen molar-refractivity contribution in [1.82, 2.24) is 5.16 Å². The predicted octanol–water partition coefficient (Wildman–Crippen LogP) is 1.29. The Morgan fingerprint density at radius 3 is 2.86 bits per heavy atom. The van der Waals surface area contributed by atoms with Gasteiger partial charge in [0.05, 0.1) is 5.56 Å². The van der Waals surface area contributed by atoms with Crippen molar-refractivity contribution in [3.8, 4) is 0 Å². The Balaban J connectivity index is 2.47. The minimum atomic E-state index is -0.0184. The van der Waals surface area contributed by atoms with Crippen molar-refractivity contribution in [2.45, 2.75) is 33.2 Å². The molecule has 76 valence electrons. The second-order valence-electron chi connectivity index (χ2n) is 4.57. The smallest absolute Gasteiger partial charge is 0.168 e. The number of nitrogens with two attached hydrogens (primary N) is 1. The molecule has 4 nitrogen and oxygen atoms in total. The third-order valence-electron chi connectivity index (χ3n) is 2.58. The van der Waals surface area contributed by atoms with Crippen LogP contribution >= 0.6 is 0 Å². The number of nitrogens with zero attached hydrogens (tertiary/aromatic N) is 1. The molecule has 2 N–H and O–H groups in total. The lowest BCUT2D eigenvalue weighted by Gasteiger charge is -2.26. The van der Waals surface area contributed by atoms with E-state index in [4.69, 9.17) is 10.3 Å². The van der Waals surface area contributed by atoms with Crippen LogP contribution in [0.2, 0.25) is 0 Å². The van der Waals surface area contributed by atoms with Crippen molar-refractivity contribution < 1.29 is 9.32 Å². The maximum Gasteiger partial charge on any atom is 0.168 e. The van der Waals surface area contributed by atoms with Gasteiger partial charge in [-0.3, -0.25) is 4.79 Å². The standard InChI is InChI=1S/C10H14N2O2/c1-10(2)3-7(13)9-6(5-11)12-14-8(9)4-10/h3-5,11H2,1-2H3. The van der Waals surface area contributed by atoms with Crippen molar-refractivity contribution in [2.75, 3.05) is 0 Å². The van der Waals surface area contributed by atoms with E-state index in [-0.39, 0.29) is 17.7 Å². The first-order chi connectivity index (χ1) is 6.53. The van der Waals surface area contributed by atoms with E-state index in [1.807, 2.05) is 0 Å². The molecule has 0 aromatic carbocycles. The van der Waals surface area contributed by atoms with Crippen molar-refractivity contribution in [3.63, 3.8) is 0 Å². The van der Waals surface area contributed by atoms with Crippen LogP contribution < -0.4 is 5.73 Å². The van der Waals surface area contributed by atoms with E-state index in [0.717, 1.165) is 6.42 Å².